The van der Waals surface area contributed by atoms with Crippen LogP contribution in [-0.4, -0.2) is 127 Å². The summed E-state index contributed by atoms with van der Waals surface area (Å²) in [5, 5.41) is 5.37. The van der Waals surface area contributed by atoms with Crippen molar-refractivity contribution in [2.45, 2.75) is 96.9 Å². The lowest BCUT2D eigenvalue weighted by Gasteiger charge is -2.51. The third-order valence-electron chi connectivity index (χ3n) is 14.5. The minimum Gasteiger partial charge on any atom is -0.489 e. The Bertz CT molecular complexity index is 2410. The minimum atomic E-state index is -2.63. The lowest BCUT2D eigenvalue weighted by Crippen LogP contribution is -2.62. The average molecular weight is 900 g/mol. The molecule has 0 radical (unpaired) electrons. The van der Waals surface area contributed by atoms with E-state index < -0.39 is 42.6 Å². The molecule has 16 heteroatoms. The summed E-state index contributed by atoms with van der Waals surface area (Å²) < 4.78 is 62.4. The number of hydrogen-bond acceptors (Lipinski definition) is 9. The number of carbonyl (C=O) groups is 4. The molecule has 3 aromatic carbocycles. The summed E-state index contributed by atoms with van der Waals surface area (Å²) in [5.74, 6) is 1.16. The summed E-state index contributed by atoms with van der Waals surface area (Å²) in [6.45, 7) is 12.6. The zero-order chi connectivity index (χ0) is 46.5. The normalized spacial score (nSPS) is 23.5. The standard InChI is InChI=1S/C27H35N5O5.C22H22F4N2/c1-3-27(4-2)15-30(16-27)24(34)13-29-7-8-31-18(12-29)14-37-22-10-19-17(9-21(22)31)11-32(26(19)36)20-5-6-23(33)28-25(20)35;1-5-14-16-10-13(3)28(11-20(25)26)22(15(16)6-7-19(14)27-4)21-17(23)8-12(2)9-18(21)24/h9-10,18,20H,3-8,11-16H2,1-2H3,(H,28,33,35);1,6-9,13,20,22,27H,10-11H2,2-4H3/t18-,20?;13-,22?/m01/s1. The molecule has 3 fully saturated rings. The molecule has 0 spiro atoms. The predicted molar refractivity (Wildman–Crippen MR) is 238 cm³/mol. The highest BCUT2D eigenvalue weighted by Crippen LogP contribution is 2.44. The molecule has 65 heavy (non-hydrogen) atoms. The number of benzene rings is 3. The first-order valence-electron chi connectivity index (χ1n) is 22.6. The van der Waals surface area contributed by atoms with E-state index in [0.717, 1.165) is 68.1 Å². The smallest absolute Gasteiger partial charge is 0.255 e. The van der Waals surface area contributed by atoms with Crippen LogP contribution in [0.2, 0.25) is 0 Å². The highest BCUT2D eigenvalue weighted by atomic mass is 19.3. The number of terminal acetylenes is 1. The Labute approximate surface area is 377 Å². The zero-order valence-electron chi connectivity index (χ0n) is 37.6. The molecule has 0 aliphatic carbocycles. The van der Waals surface area contributed by atoms with Crippen molar-refractivity contribution in [2.75, 3.05) is 69.7 Å². The first kappa shape index (κ1) is 45.9. The average Bonchev–Trinajstić information content (AvgIpc) is 3.57. The maximum atomic E-state index is 14.8. The topological polar surface area (TPSA) is 118 Å². The second kappa shape index (κ2) is 18.3. The molecule has 3 saturated heterocycles. The molecule has 6 heterocycles. The molecule has 346 valence electrons. The highest BCUT2D eigenvalue weighted by Gasteiger charge is 2.45. The molecule has 4 atom stereocenters. The summed E-state index contributed by atoms with van der Waals surface area (Å²) in [6, 6.07) is 7.88. The summed E-state index contributed by atoms with van der Waals surface area (Å²) in [4.78, 5) is 59.6. The van der Waals surface area contributed by atoms with E-state index in [4.69, 9.17) is 11.2 Å². The molecule has 0 aromatic heterocycles. The molecule has 12 nitrogen and oxygen atoms in total. The van der Waals surface area contributed by atoms with E-state index >= 15 is 0 Å². The molecular weight excluding hydrogens is 843 g/mol. The van der Waals surface area contributed by atoms with Crippen LogP contribution >= 0.6 is 0 Å². The van der Waals surface area contributed by atoms with Gasteiger partial charge in [-0.25, -0.2) is 17.6 Å². The van der Waals surface area contributed by atoms with Crippen molar-refractivity contribution in [2.24, 2.45) is 5.41 Å². The molecule has 6 aliphatic heterocycles. The fourth-order valence-electron chi connectivity index (χ4n) is 10.7. The van der Waals surface area contributed by atoms with Gasteiger partial charge in [0.25, 0.3) is 12.3 Å². The summed E-state index contributed by atoms with van der Waals surface area (Å²) >= 11 is 0. The number of likely N-dealkylation sites (tertiary alicyclic amines) is 1. The molecule has 3 aromatic rings. The largest absolute Gasteiger partial charge is 0.489 e. The first-order valence-corrected chi connectivity index (χ1v) is 22.6. The molecule has 0 saturated carbocycles. The van der Waals surface area contributed by atoms with Crippen LogP contribution in [-0.2, 0) is 27.3 Å². The number of nitrogens with one attached hydrogen (secondary N) is 2. The van der Waals surface area contributed by atoms with Crippen molar-refractivity contribution >= 4 is 35.0 Å². The lowest BCUT2D eigenvalue weighted by atomic mass is 9.75. The van der Waals surface area contributed by atoms with Gasteiger partial charge in [0.2, 0.25) is 17.7 Å². The van der Waals surface area contributed by atoms with Crippen LogP contribution in [0.15, 0.2) is 36.4 Å². The van der Waals surface area contributed by atoms with Crippen LogP contribution in [0.25, 0.3) is 0 Å². The number of fused-ring (bicyclic) bond motifs is 5. The molecule has 0 bridgehead atoms. The van der Waals surface area contributed by atoms with Gasteiger partial charge < -0.3 is 24.8 Å². The maximum absolute atomic E-state index is 14.8. The number of anilines is 2. The van der Waals surface area contributed by atoms with E-state index in [2.05, 4.69) is 40.2 Å². The minimum absolute atomic E-state index is 0.136. The van der Waals surface area contributed by atoms with Crippen molar-refractivity contribution in [3.63, 3.8) is 0 Å². The number of alkyl halides is 2. The number of piperazine rings is 1. The molecule has 9 rings (SSSR count). The van der Waals surface area contributed by atoms with Crippen molar-refractivity contribution in [1.82, 2.24) is 24.9 Å². The van der Waals surface area contributed by atoms with Crippen LogP contribution < -0.4 is 20.3 Å². The number of piperidine rings is 1. The lowest BCUT2D eigenvalue weighted by molar-refractivity contribution is -0.145. The van der Waals surface area contributed by atoms with Gasteiger partial charge in [-0.15, -0.1) is 6.42 Å². The summed E-state index contributed by atoms with van der Waals surface area (Å²) in [6.07, 6.45) is 6.31. The number of rotatable bonds is 9. The molecule has 2 unspecified atom stereocenters. The maximum Gasteiger partial charge on any atom is 0.255 e. The van der Waals surface area contributed by atoms with Gasteiger partial charge in [-0.3, -0.25) is 34.3 Å². The van der Waals surface area contributed by atoms with Gasteiger partial charge in [0, 0.05) is 81.0 Å². The SMILES string of the molecule is C#Cc1c(NC)ccc2c1C[C@@H](C)N(CC(F)F)C2c1c(F)cc(C)cc1F.CCC1(CC)CN(C(=O)CN2CCN3c4cc5c(cc4OC[C@@H]3C2)C(=O)N(C2CCC(=O)NC2=O)C5)C1. The third kappa shape index (κ3) is 8.65. The third-order valence-corrected chi connectivity index (χ3v) is 14.5. The Kier molecular flexibility index (Phi) is 12.9. The highest BCUT2D eigenvalue weighted by molar-refractivity contribution is 6.06. The fourth-order valence-corrected chi connectivity index (χ4v) is 10.7. The van der Waals surface area contributed by atoms with Gasteiger partial charge in [-0.1, -0.05) is 25.8 Å². The van der Waals surface area contributed by atoms with Gasteiger partial charge in [-0.05, 0) is 92.1 Å². The predicted octanol–water partition coefficient (Wildman–Crippen LogP) is 5.88. The quantitative estimate of drug-likeness (QED) is 0.155. The summed E-state index contributed by atoms with van der Waals surface area (Å²) in [7, 11) is 1.73. The van der Waals surface area contributed by atoms with Crippen molar-refractivity contribution in [3.8, 4) is 18.1 Å². The number of ether oxygens (including phenoxy) is 1. The Hall–Kier alpha value is -5.66. The van der Waals surface area contributed by atoms with E-state index in [1.807, 2.05) is 17.0 Å². The van der Waals surface area contributed by atoms with Gasteiger partial charge >= 0.3 is 0 Å². The Morgan fingerprint density at radius 3 is 2.42 bits per heavy atom. The van der Waals surface area contributed by atoms with Crippen molar-refractivity contribution in [3.05, 3.63) is 87.0 Å². The van der Waals surface area contributed by atoms with E-state index in [9.17, 15) is 36.7 Å². The van der Waals surface area contributed by atoms with Crippen LogP contribution in [0.3, 0.4) is 0 Å². The number of hydrogen-bond donors (Lipinski definition) is 2. The van der Waals surface area contributed by atoms with E-state index in [-0.39, 0.29) is 41.8 Å². The number of halogens is 4. The Morgan fingerprint density at radius 1 is 1.05 bits per heavy atom. The van der Waals surface area contributed by atoms with Gasteiger partial charge in [0.1, 0.15) is 30.0 Å². The Morgan fingerprint density at radius 2 is 1.77 bits per heavy atom. The van der Waals surface area contributed by atoms with Crippen LogP contribution in [0.4, 0.5) is 28.9 Å². The van der Waals surface area contributed by atoms with E-state index in [0.29, 0.717) is 66.0 Å². The zero-order valence-corrected chi connectivity index (χ0v) is 37.6. The fraction of sp³-hybridized carbons (Fsp3) is 0.510. The molecule has 2 N–H and O–H groups in total. The number of aryl methyl sites for hydroxylation is 1. The number of nitrogens with zero attached hydrogens (tertiary/aromatic N) is 5. The van der Waals surface area contributed by atoms with Gasteiger partial charge in [0.05, 0.1) is 36.4 Å². The van der Waals surface area contributed by atoms with Crippen LogP contribution in [0, 0.1) is 36.3 Å². The first-order chi connectivity index (χ1) is 31.1. The van der Waals surface area contributed by atoms with Crippen LogP contribution in [0.5, 0.6) is 5.75 Å². The Balaban J connectivity index is 0.000000185. The molecule has 6 aliphatic rings. The van der Waals surface area contributed by atoms with Crippen molar-refractivity contribution < 1.29 is 41.5 Å². The second-order valence-electron chi connectivity index (χ2n) is 18.4. The number of amides is 4. The van der Waals surface area contributed by atoms with E-state index in [1.165, 1.54) is 17.0 Å². The molecule has 4 amide bonds. The van der Waals surface area contributed by atoms with Crippen molar-refractivity contribution in [1.29, 1.82) is 0 Å². The second-order valence-corrected chi connectivity index (χ2v) is 18.4. The van der Waals surface area contributed by atoms with Gasteiger partial charge in [0.15, 0.2) is 0 Å². The molecular formula is C49H57F4N7O5. The summed E-state index contributed by atoms with van der Waals surface area (Å²) in [5.41, 5.74) is 5.57. The van der Waals surface area contributed by atoms with E-state index in [1.54, 1.807) is 37.9 Å². The van der Waals surface area contributed by atoms with Gasteiger partial charge in [-0.2, -0.15) is 0 Å². The number of imide groups is 1. The number of carbonyl (C=O) groups excluding carboxylic acids is 4. The monoisotopic (exact) mass is 899 g/mol. The van der Waals surface area contributed by atoms with Crippen LogP contribution in [0.1, 0.15) is 96.2 Å².